The summed E-state index contributed by atoms with van der Waals surface area (Å²) in [4.78, 5) is 15.4. The number of aromatic nitrogens is 1. The monoisotopic (exact) mass is 365 g/mol. The molecule has 2 aliphatic rings. The number of H-pyrrole nitrogens is 1. The fourth-order valence-electron chi connectivity index (χ4n) is 2.87. The average Bonchev–Trinajstić information content (AvgIpc) is 3.10. The Balaban J connectivity index is 1.41. The predicted octanol–water partition coefficient (Wildman–Crippen LogP) is 3.62. The second-order valence-corrected chi connectivity index (χ2v) is 6.11. The number of ether oxygens (including phenoxy) is 4. The molecule has 1 aromatic heterocycles. The van der Waals surface area contributed by atoms with E-state index in [9.17, 15) is 4.79 Å². The zero-order chi connectivity index (χ0) is 18.5. The van der Waals surface area contributed by atoms with Crippen LogP contribution >= 0.6 is 0 Å². The topological polar surface area (TPSA) is 69.8 Å². The Hall–Kier alpha value is -3.25. The van der Waals surface area contributed by atoms with Crippen LogP contribution in [0.5, 0.6) is 0 Å². The van der Waals surface area contributed by atoms with Gasteiger partial charge in [0.1, 0.15) is 0 Å². The minimum Gasteiger partial charge on any atom is -0.469 e. The standard InChI is InChI=1S/C21H19NO5/c23-19(27-21-6-2-4-10-25-21)12-16-13-22-18-8-7-15(11-17(16)18)14-26-20-5-1-3-9-24-20/h1-11,13,20-22H,12,14H2/t20-,21?/m0/s1. The van der Waals surface area contributed by atoms with Gasteiger partial charge < -0.3 is 23.9 Å². The maximum Gasteiger partial charge on any atom is 0.313 e. The molecule has 6 nitrogen and oxygen atoms in total. The molecular weight excluding hydrogens is 346 g/mol. The Morgan fingerprint density at radius 3 is 2.56 bits per heavy atom. The highest BCUT2D eigenvalue weighted by Crippen LogP contribution is 2.22. The Labute approximate surface area is 156 Å². The smallest absolute Gasteiger partial charge is 0.313 e. The lowest BCUT2D eigenvalue weighted by atomic mass is 10.1. The molecule has 3 heterocycles. The van der Waals surface area contributed by atoms with Crippen molar-refractivity contribution in [3.05, 3.63) is 84.5 Å². The van der Waals surface area contributed by atoms with Gasteiger partial charge >= 0.3 is 5.97 Å². The van der Waals surface area contributed by atoms with Crippen molar-refractivity contribution in [1.82, 2.24) is 4.98 Å². The number of nitrogens with one attached hydrogen (secondary N) is 1. The largest absolute Gasteiger partial charge is 0.469 e. The molecule has 1 N–H and O–H groups in total. The van der Waals surface area contributed by atoms with Crippen LogP contribution in [-0.2, 0) is 36.8 Å². The first-order chi connectivity index (χ1) is 13.3. The van der Waals surface area contributed by atoms with E-state index in [0.717, 1.165) is 22.0 Å². The third-order valence-corrected chi connectivity index (χ3v) is 4.17. The van der Waals surface area contributed by atoms with E-state index in [1.807, 2.05) is 42.6 Å². The Morgan fingerprint density at radius 1 is 1.04 bits per heavy atom. The minimum atomic E-state index is -0.672. The number of hydrogen-bond donors (Lipinski definition) is 1. The number of allylic oxidation sites excluding steroid dienone is 4. The molecule has 0 bridgehead atoms. The van der Waals surface area contributed by atoms with E-state index in [-0.39, 0.29) is 18.7 Å². The second-order valence-electron chi connectivity index (χ2n) is 6.11. The van der Waals surface area contributed by atoms with E-state index in [4.69, 9.17) is 18.9 Å². The first-order valence-electron chi connectivity index (χ1n) is 8.65. The summed E-state index contributed by atoms with van der Waals surface area (Å²) in [7, 11) is 0. The normalized spacial score (nSPS) is 20.4. The lowest BCUT2D eigenvalue weighted by Crippen LogP contribution is -2.19. The molecule has 2 aliphatic heterocycles. The van der Waals surface area contributed by atoms with Crippen molar-refractivity contribution in [2.75, 3.05) is 0 Å². The lowest BCUT2D eigenvalue weighted by Gasteiger charge is -2.16. The molecule has 138 valence electrons. The Kier molecular flexibility index (Phi) is 5.07. The number of esters is 1. The maximum absolute atomic E-state index is 12.2. The zero-order valence-electron chi connectivity index (χ0n) is 14.5. The van der Waals surface area contributed by atoms with Gasteiger partial charge in [-0.05, 0) is 47.6 Å². The fourth-order valence-corrected chi connectivity index (χ4v) is 2.87. The average molecular weight is 365 g/mol. The van der Waals surface area contributed by atoms with Crippen LogP contribution in [0.2, 0.25) is 0 Å². The van der Waals surface area contributed by atoms with Crippen LogP contribution in [0.4, 0.5) is 0 Å². The third-order valence-electron chi connectivity index (χ3n) is 4.17. The summed E-state index contributed by atoms with van der Waals surface area (Å²) in [5.74, 6) is -0.352. The van der Waals surface area contributed by atoms with Crippen molar-refractivity contribution in [3.8, 4) is 0 Å². The van der Waals surface area contributed by atoms with Gasteiger partial charge in [-0.3, -0.25) is 4.79 Å². The van der Waals surface area contributed by atoms with Crippen molar-refractivity contribution >= 4 is 16.9 Å². The van der Waals surface area contributed by atoms with Crippen LogP contribution < -0.4 is 0 Å². The van der Waals surface area contributed by atoms with E-state index >= 15 is 0 Å². The molecule has 4 rings (SSSR count). The van der Waals surface area contributed by atoms with Crippen LogP contribution in [0.1, 0.15) is 11.1 Å². The second kappa shape index (κ2) is 7.97. The summed E-state index contributed by atoms with van der Waals surface area (Å²) in [5.41, 5.74) is 2.81. The first kappa shape index (κ1) is 17.2. The van der Waals surface area contributed by atoms with Gasteiger partial charge in [-0.2, -0.15) is 0 Å². The van der Waals surface area contributed by atoms with Gasteiger partial charge in [0.25, 0.3) is 6.29 Å². The first-order valence-corrected chi connectivity index (χ1v) is 8.65. The van der Waals surface area contributed by atoms with Crippen LogP contribution in [-0.4, -0.2) is 23.5 Å². The van der Waals surface area contributed by atoms with Crippen LogP contribution in [0, 0.1) is 0 Å². The highest BCUT2D eigenvalue weighted by atomic mass is 16.7. The number of benzene rings is 1. The van der Waals surface area contributed by atoms with Crippen LogP contribution in [0.3, 0.4) is 0 Å². The molecule has 2 aromatic rings. The molecule has 0 radical (unpaired) electrons. The Bertz CT molecular complexity index is 937. The van der Waals surface area contributed by atoms with Crippen LogP contribution in [0.25, 0.3) is 10.9 Å². The van der Waals surface area contributed by atoms with Crippen molar-refractivity contribution in [2.45, 2.75) is 25.6 Å². The van der Waals surface area contributed by atoms with Gasteiger partial charge in [0.15, 0.2) is 0 Å². The number of aromatic amines is 1. The van der Waals surface area contributed by atoms with E-state index in [1.165, 1.54) is 6.26 Å². The number of carbonyl (C=O) groups excluding carboxylic acids is 1. The quantitative estimate of drug-likeness (QED) is 0.792. The molecule has 27 heavy (non-hydrogen) atoms. The highest BCUT2D eigenvalue weighted by molar-refractivity contribution is 5.87. The Morgan fingerprint density at radius 2 is 1.81 bits per heavy atom. The van der Waals surface area contributed by atoms with Crippen molar-refractivity contribution in [3.63, 3.8) is 0 Å². The molecule has 0 amide bonds. The van der Waals surface area contributed by atoms with Crippen molar-refractivity contribution < 1.29 is 23.7 Å². The summed E-state index contributed by atoms with van der Waals surface area (Å²) in [5, 5.41) is 0.966. The summed E-state index contributed by atoms with van der Waals surface area (Å²) in [6.45, 7) is 0.404. The molecule has 2 atom stereocenters. The highest BCUT2D eigenvalue weighted by Gasteiger charge is 2.16. The van der Waals surface area contributed by atoms with Crippen LogP contribution in [0.15, 0.2) is 73.4 Å². The molecule has 0 aliphatic carbocycles. The molecule has 1 unspecified atom stereocenters. The van der Waals surface area contributed by atoms with Gasteiger partial charge in [0.2, 0.25) is 6.29 Å². The number of fused-ring (bicyclic) bond motifs is 1. The van der Waals surface area contributed by atoms with E-state index in [0.29, 0.717) is 6.61 Å². The maximum atomic E-state index is 12.2. The molecule has 0 saturated carbocycles. The fraction of sp³-hybridized carbons (Fsp3) is 0.190. The SMILES string of the molecule is O=C(Cc1c[nH]c2ccc(CO[C@H]3C=CC=CO3)cc12)OC1C=CC=CO1. The number of rotatable bonds is 6. The number of carbonyl (C=O) groups is 1. The molecular formula is C21H19NO5. The molecule has 0 saturated heterocycles. The molecule has 1 aromatic carbocycles. The number of hydrogen-bond acceptors (Lipinski definition) is 5. The summed E-state index contributed by atoms with van der Waals surface area (Å²) in [6.07, 6.45) is 14.7. The third kappa shape index (κ3) is 4.30. The molecule has 0 spiro atoms. The van der Waals surface area contributed by atoms with Gasteiger partial charge in [-0.1, -0.05) is 18.2 Å². The summed E-state index contributed by atoms with van der Waals surface area (Å²) < 4.78 is 21.6. The van der Waals surface area contributed by atoms with Crippen molar-refractivity contribution in [2.24, 2.45) is 0 Å². The van der Waals surface area contributed by atoms with E-state index < -0.39 is 6.29 Å². The van der Waals surface area contributed by atoms with Crippen molar-refractivity contribution in [1.29, 1.82) is 0 Å². The van der Waals surface area contributed by atoms with E-state index in [1.54, 1.807) is 24.5 Å². The molecule has 6 heteroatoms. The van der Waals surface area contributed by atoms with E-state index in [2.05, 4.69) is 4.98 Å². The van der Waals surface area contributed by atoms with Gasteiger partial charge in [0.05, 0.1) is 25.6 Å². The van der Waals surface area contributed by atoms with Gasteiger partial charge in [-0.15, -0.1) is 0 Å². The minimum absolute atomic E-state index is 0.154. The summed E-state index contributed by atoms with van der Waals surface area (Å²) in [6, 6.07) is 5.96. The zero-order valence-corrected chi connectivity index (χ0v) is 14.5. The summed E-state index contributed by atoms with van der Waals surface area (Å²) >= 11 is 0. The van der Waals surface area contributed by atoms with Gasteiger partial charge in [0, 0.05) is 17.1 Å². The molecule has 0 fully saturated rings. The predicted molar refractivity (Wildman–Crippen MR) is 99.2 cm³/mol. The van der Waals surface area contributed by atoms with Gasteiger partial charge in [-0.25, -0.2) is 0 Å². The lowest BCUT2D eigenvalue weighted by molar-refractivity contribution is -0.161.